The van der Waals surface area contributed by atoms with E-state index in [4.69, 9.17) is 10.5 Å². The van der Waals surface area contributed by atoms with Crippen molar-refractivity contribution in [3.8, 4) is 0 Å². The molecular weight excluding hydrogens is 352 g/mol. The van der Waals surface area contributed by atoms with Gasteiger partial charge in [-0.15, -0.1) is 0 Å². The molecule has 0 saturated carbocycles. The Morgan fingerprint density at radius 3 is 2.31 bits per heavy atom. The molecule has 0 aliphatic carbocycles. The summed E-state index contributed by atoms with van der Waals surface area (Å²) >= 11 is 0.957. The maximum Gasteiger partial charge on any atom is 0.295 e. The first-order valence-corrected chi connectivity index (χ1v) is 9.00. The number of hydrogen-bond acceptors (Lipinski definition) is 6. The van der Waals surface area contributed by atoms with Gasteiger partial charge in [0.05, 0.1) is 11.8 Å². The zero-order valence-corrected chi connectivity index (χ0v) is 14.9. The summed E-state index contributed by atoms with van der Waals surface area (Å²) in [7, 11) is 0. The molecule has 6 nitrogen and oxygen atoms in total. The fourth-order valence-electron chi connectivity index (χ4n) is 2.22. The zero-order chi connectivity index (χ0) is 18.8. The molecule has 2 unspecified atom stereocenters. The van der Waals surface area contributed by atoms with Gasteiger partial charge in [-0.05, 0) is 12.0 Å². The Hall–Kier alpha value is -2.64. The van der Waals surface area contributed by atoms with Gasteiger partial charge >= 0.3 is 0 Å². The number of benzene rings is 2. The second-order valence-corrected chi connectivity index (χ2v) is 6.48. The Morgan fingerprint density at radius 2 is 1.69 bits per heavy atom. The normalized spacial score (nSPS) is 12.7. The molecule has 0 bridgehead atoms. The summed E-state index contributed by atoms with van der Waals surface area (Å²) in [5, 5.41) is 2.38. The number of nitrogens with two attached hydrogens (primary N) is 1. The average molecular weight is 372 g/mol. The predicted molar refractivity (Wildman–Crippen MR) is 100 cm³/mol. The number of carbonyl (C=O) groups is 3. The van der Waals surface area contributed by atoms with Crippen molar-refractivity contribution in [2.45, 2.75) is 18.7 Å². The average Bonchev–Trinajstić information content (AvgIpc) is 2.67. The first-order valence-electron chi connectivity index (χ1n) is 8.01. The topological polar surface area (TPSA) is 98.5 Å². The van der Waals surface area contributed by atoms with Gasteiger partial charge in [-0.3, -0.25) is 14.4 Å². The van der Waals surface area contributed by atoms with Crippen LogP contribution in [-0.4, -0.2) is 35.5 Å². The van der Waals surface area contributed by atoms with E-state index in [1.165, 1.54) is 0 Å². The van der Waals surface area contributed by atoms with Crippen molar-refractivity contribution in [2.24, 2.45) is 5.73 Å². The van der Waals surface area contributed by atoms with Crippen molar-refractivity contribution in [3.05, 3.63) is 71.8 Å². The lowest BCUT2D eigenvalue weighted by Crippen LogP contribution is -2.48. The van der Waals surface area contributed by atoms with Gasteiger partial charge in [-0.1, -0.05) is 72.4 Å². The van der Waals surface area contributed by atoms with Crippen molar-refractivity contribution in [1.82, 2.24) is 5.32 Å². The van der Waals surface area contributed by atoms with Gasteiger partial charge in [-0.2, -0.15) is 0 Å². The van der Waals surface area contributed by atoms with E-state index in [1.807, 2.05) is 36.4 Å². The number of hydrogen-bond donors (Lipinski definition) is 2. The van der Waals surface area contributed by atoms with Crippen LogP contribution >= 0.6 is 11.8 Å². The molecule has 2 rings (SSSR count). The Morgan fingerprint density at radius 1 is 1.08 bits per heavy atom. The molecule has 2 atom stereocenters. The highest BCUT2D eigenvalue weighted by atomic mass is 32.2. The molecule has 0 spiro atoms. The molecule has 7 heteroatoms. The highest BCUT2D eigenvalue weighted by molar-refractivity contribution is 8.14. The Labute approximate surface area is 156 Å². The molecule has 2 aromatic rings. The first kappa shape index (κ1) is 19.7. The molecule has 0 aliphatic rings. The van der Waals surface area contributed by atoms with Crippen LogP contribution in [0.15, 0.2) is 60.7 Å². The Kier molecular flexibility index (Phi) is 7.85. The van der Waals surface area contributed by atoms with Crippen LogP contribution in [0.4, 0.5) is 0 Å². The number of amides is 1. The monoisotopic (exact) mass is 372 g/mol. The van der Waals surface area contributed by atoms with Crippen LogP contribution in [0.2, 0.25) is 0 Å². The Balaban J connectivity index is 1.87. The Bertz CT molecular complexity index is 725. The third-order valence-electron chi connectivity index (χ3n) is 3.53. The van der Waals surface area contributed by atoms with E-state index in [-0.39, 0.29) is 17.3 Å². The highest BCUT2D eigenvalue weighted by Gasteiger charge is 2.20. The molecule has 0 radical (unpaired) electrons. The van der Waals surface area contributed by atoms with Crippen LogP contribution in [0.25, 0.3) is 0 Å². The quantitative estimate of drug-likeness (QED) is 0.514. The molecule has 3 N–H and O–H groups in total. The third kappa shape index (κ3) is 6.34. The summed E-state index contributed by atoms with van der Waals surface area (Å²) < 4.78 is 4.86. The van der Waals surface area contributed by atoms with Crippen LogP contribution in [0.1, 0.15) is 15.9 Å². The number of carbonyl (C=O) groups excluding carboxylic acids is 3. The molecule has 0 aromatic heterocycles. The lowest BCUT2D eigenvalue weighted by molar-refractivity contribution is -0.137. The molecule has 2 aromatic carbocycles. The maximum absolute atomic E-state index is 12.2. The fourth-order valence-corrected chi connectivity index (χ4v) is 2.98. The van der Waals surface area contributed by atoms with Crippen LogP contribution in [0.5, 0.6) is 0 Å². The van der Waals surface area contributed by atoms with Crippen LogP contribution in [0.3, 0.4) is 0 Å². The van der Waals surface area contributed by atoms with E-state index in [1.54, 1.807) is 24.3 Å². The molecule has 0 fully saturated rings. The minimum absolute atomic E-state index is 0.0935. The second kappa shape index (κ2) is 10.4. The van der Waals surface area contributed by atoms with Gasteiger partial charge in [0.2, 0.25) is 11.0 Å². The minimum Gasteiger partial charge on any atom is -0.443 e. The number of nitrogens with one attached hydrogen (secondary N) is 1. The van der Waals surface area contributed by atoms with Gasteiger partial charge < -0.3 is 15.8 Å². The number of rotatable bonds is 9. The summed E-state index contributed by atoms with van der Waals surface area (Å²) in [6.45, 7) is 0.237. The van der Waals surface area contributed by atoms with Crippen molar-refractivity contribution in [2.75, 3.05) is 5.75 Å². The van der Waals surface area contributed by atoms with Gasteiger partial charge in [0.15, 0.2) is 6.23 Å². The lowest BCUT2D eigenvalue weighted by atomic mass is 10.1. The van der Waals surface area contributed by atoms with E-state index in [0.717, 1.165) is 17.3 Å². The molecule has 1 amide bonds. The third-order valence-corrected chi connectivity index (χ3v) is 4.50. The van der Waals surface area contributed by atoms with E-state index >= 15 is 0 Å². The maximum atomic E-state index is 12.2. The van der Waals surface area contributed by atoms with Gasteiger partial charge in [-0.25, -0.2) is 0 Å². The van der Waals surface area contributed by atoms with Gasteiger partial charge in [0, 0.05) is 5.56 Å². The smallest absolute Gasteiger partial charge is 0.295 e. The second-order valence-electron chi connectivity index (χ2n) is 5.49. The summed E-state index contributed by atoms with van der Waals surface area (Å²) in [6, 6.07) is 17.3. The summed E-state index contributed by atoms with van der Waals surface area (Å²) in [5.41, 5.74) is 7.38. The molecule has 136 valence electrons. The molecule has 0 aliphatic heterocycles. The van der Waals surface area contributed by atoms with Crippen molar-refractivity contribution >= 4 is 29.3 Å². The summed E-state index contributed by atoms with van der Waals surface area (Å²) in [5.74, 6) is -0.357. The predicted octanol–water partition coefficient (Wildman–Crippen LogP) is 1.75. The molecule has 0 heterocycles. The van der Waals surface area contributed by atoms with Crippen LogP contribution in [0, 0.1) is 0 Å². The van der Waals surface area contributed by atoms with E-state index in [9.17, 15) is 14.4 Å². The molecule has 26 heavy (non-hydrogen) atoms. The molecule has 0 saturated heterocycles. The van der Waals surface area contributed by atoms with E-state index in [2.05, 4.69) is 5.32 Å². The van der Waals surface area contributed by atoms with Gasteiger partial charge in [0.1, 0.15) is 0 Å². The van der Waals surface area contributed by atoms with E-state index < -0.39 is 18.2 Å². The van der Waals surface area contributed by atoms with Crippen LogP contribution < -0.4 is 11.1 Å². The fraction of sp³-hybridized carbons (Fsp3) is 0.211. The first-order chi connectivity index (χ1) is 12.6. The molecular formula is C19H20N2O4S. The lowest BCUT2D eigenvalue weighted by Gasteiger charge is -2.19. The zero-order valence-electron chi connectivity index (χ0n) is 14.0. The summed E-state index contributed by atoms with van der Waals surface area (Å²) in [6.07, 6.45) is -0.573. The summed E-state index contributed by atoms with van der Waals surface area (Å²) in [4.78, 5) is 35.0. The van der Waals surface area contributed by atoms with Crippen LogP contribution in [-0.2, 0) is 20.7 Å². The number of thioether (sulfide) groups is 1. The van der Waals surface area contributed by atoms with Crippen molar-refractivity contribution in [3.63, 3.8) is 0 Å². The van der Waals surface area contributed by atoms with E-state index in [0.29, 0.717) is 12.0 Å². The standard InChI is InChI=1S/C19H20N2O4S/c20-16(11-14-7-3-1-4-8-14)18(23)21-17(25-13-22)12-26-19(24)15-9-5-2-6-10-15/h1-10,13,16-17H,11-12,20H2,(H,21,23). The SMILES string of the molecule is NC(Cc1ccccc1)C(=O)NC(CSC(=O)c1ccccc1)OC=O. The number of ether oxygens (including phenoxy) is 1. The van der Waals surface area contributed by atoms with Crippen molar-refractivity contribution < 1.29 is 19.1 Å². The minimum atomic E-state index is -0.931. The van der Waals surface area contributed by atoms with Gasteiger partial charge in [0.25, 0.3) is 6.47 Å². The van der Waals surface area contributed by atoms with Crippen molar-refractivity contribution in [1.29, 1.82) is 0 Å². The largest absolute Gasteiger partial charge is 0.443 e. The highest BCUT2D eigenvalue weighted by Crippen LogP contribution is 2.13.